The molecule has 0 saturated carbocycles. The SMILES string of the molecule is CC(=O)c1c(-c2ccc(O[Si](C)(C)C(C)(C)C)s2)c(O)c2ccccc2c1O. The number of ketones is 1. The Hall–Kier alpha value is -2.31. The van der Waals surface area contributed by atoms with Gasteiger partial charge in [-0.2, -0.15) is 0 Å². The summed E-state index contributed by atoms with van der Waals surface area (Å²) < 4.78 is 6.35. The average molecular weight is 415 g/mol. The van der Waals surface area contributed by atoms with Crippen LogP contribution in [0.5, 0.6) is 16.6 Å². The van der Waals surface area contributed by atoms with Crippen molar-refractivity contribution in [3.8, 4) is 27.0 Å². The zero-order valence-corrected chi connectivity index (χ0v) is 18.9. The van der Waals surface area contributed by atoms with Gasteiger partial charge in [0, 0.05) is 21.2 Å². The van der Waals surface area contributed by atoms with Gasteiger partial charge in [-0.05, 0) is 37.2 Å². The quantitative estimate of drug-likeness (QED) is 0.288. The molecule has 0 fully saturated rings. The Kier molecular flexibility index (Phi) is 5.06. The van der Waals surface area contributed by atoms with Crippen molar-refractivity contribution >= 4 is 36.2 Å². The fourth-order valence-electron chi connectivity index (χ4n) is 2.90. The smallest absolute Gasteiger partial charge is 0.251 e. The zero-order valence-electron chi connectivity index (χ0n) is 17.1. The predicted octanol–water partition coefficient (Wildman–Crippen LogP) is 6.57. The van der Waals surface area contributed by atoms with Crippen LogP contribution in [0.1, 0.15) is 38.1 Å². The van der Waals surface area contributed by atoms with E-state index in [4.69, 9.17) is 4.43 Å². The fraction of sp³-hybridized carbons (Fsp3) is 0.318. The minimum absolute atomic E-state index is 0.000624. The monoisotopic (exact) mass is 414 g/mol. The number of carbonyl (C=O) groups is 1. The molecule has 0 aliphatic heterocycles. The van der Waals surface area contributed by atoms with Crippen molar-refractivity contribution in [3.05, 3.63) is 42.0 Å². The van der Waals surface area contributed by atoms with Crippen LogP contribution < -0.4 is 4.43 Å². The number of phenolic OH excluding ortho intramolecular Hbond substituents is 2. The molecule has 0 saturated heterocycles. The molecule has 0 bridgehead atoms. The van der Waals surface area contributed by atoms with Crippen molar-refractivity contribution in [2.45, 2.75) is 45.8 Å². The van der Waals surface area contributed by atoms with E-state index < -0.39 is 8.32 Å². The van der Waals surface area contributed by atoms with Crippen LogP contribution in [0, 0.1) is 0 Å². The summed E-state index contributed by atoms with van der Waals surface area (Å²) in [5.74, 6) is -0.399. The van der Waals surface area contributed by atoms with Crippen molar-refractivity contribution in [2.24, 2.45) is 0 Å². The third-order valence-electron chi connectivity index (χ3n) is 5.50. The summed E-state index contributed by atoms with van der Waals surface area (Å²) >= 11 is 1.38. The number of fused-ring (bicyclic) bond motifs is 1. The van der Waals surface area contributed by atoms with Gasteiger partial charge in [0.05, 0.1) is 5.56 Å². The highest BCUT2D eigenvalue weighted by Gasteiger charge is 2.39. The molecular formula is C22H26O4SSi. The third kappa shape index (κ3) is 3.42. The maximum absolute atomic E-state index is 12.3. The van der Waals surface area contributed by atoms with E-state index in [9.17, 15) is 15.0 Å². The van der Waals surface area contributed by atoms with Crippen molar-refractivity contribution in [1.29, 1.82) is 0 Å². The molecule has 0 spiro atoms. The van der Waals surface area contributed by atoms with Gasteiger partial charge >= 0.3 is 0 Å². The first-order chi connectivity index (χ1) is 12.9. The first-order valence-electron chi connectivity index (χ1n) is 9.21. The predicted molar refractivity (Wildman–Crippen MR) is 118 cm³/mol. The highest BCUT2D eigenvalue weighted by atomic mass is 32.1. The largest absolute Gasteiger partial charge is 0.537 e. The number of hydrogen-bond acceptors (Lipinski definition) is 5. The van der Waals surface area contributed by atoms with Gasteiger partial charge in [0.15, 0.2) is 10.8 Å². The Morgan fingerprint density at radius 3 is 2.11 bits per heavy atom. The van der Waals surface area contributed by atoms with E-state index in [1.807, 2.05) is 12.1 Å². The molecule has 3 rings (SSSR count). The highest BCUT2D eigenvalue weighted by molar-refractivity contribution is 7.17. The van der Waals surface area contributed by atoms with Crippen molar-refractivity contribution < 1.29 is 19.4 Å². The van der Waals surface area contributed by atoms with Crippen LogP contribution in [0.2, 0.25) is 18.1 Å². The molecule has 6 heteroatoms. The molecule has 0 unspecified atom stereocenters. The maximum atomic E-state index is 12.3. The number of aromatic hydroxyl groups is 2. The van der Waals surface area contributed by atoms with Crippen LogP contribution in [-0.4, -0.2) is 24.3 Å². The van der Waals surface area contributed by atoms with Crippen LogP contribution in [0.15, 0.2) is 36.4 Å². The van der Waals surface area contributed by atoms with Crippen molar-refractivity contribution in [1.82, 2.24) is 0 Å². The molecule has 4 nitrogen and oxygen atoms in total. The lowest BCUT2D eigenvalue weighted by Crippen LogP contribution is -2.43. The first-order valence-corrected chi connectivity index (χ1v) is 12.9. The number of carbonyl (C=O) groups excluding carboxylic acids is 1. The van der Waals surface area contributed by atoms with Gasteiger partial charge < -0.3 is 14.6 Å². The number of phenols is 2. The fourth-order valence-corrected chi connectivity index (χ4v) is 5.36. The summed E-state index contributed by atoms with van der Waals surface area (Å²) in [6.07, 6.45) is 0. The van der Waals surface area contributed by atoms with E-state index in [2.05, 4.69) is 33.9 Å². The van der Waals surface area contributed by atoms with Gasteiger partial charge in [-0.15, -0.1) is 11.3 Å². The second kappa shape index (κ2) is 6.94. The number of benzene rings is 2. The zero-order chi connectivity index (χ0) is 20.9. The Labute approximate surface area is 170 Å². The van der Waals surface area contributed by atoms with E-state index in [1.165, 1.54) is 18.3 Å². The van der Waals surface area contributed by atoms with Gasteiger partial charge in [0.25, 0.3) is 8.32 Å². The molecule has 1 heterocycles. The number of thiophene rings is 1. The van der Waals surface area contributed by atoms with Crippen LogP contribution >= 0.6 is 11.3 Å². The molecule has 0 atom stereocenters. The first kappa shape index (κ1) is 20.4. The van der Waals surface area contributed by atoms with Crippen molar-refractivity contribution in [2.75, 3.05) is 0 Å². The average Bonchev–Trinajstić information content (AvgIpc) is 3.03. The summed E-state index contributed by atoms with van der Waals surface area (Å²) in [6.45, 7) is 12.3. The Morgan fingerprint density at radius 1 is 1.00 bits per heavy atom. The summed E-state index contributed by atoms with van der Waals surface area (Å²) in [6, 6.07) is 10.7. The minimum Gasteiger partial charge on any atom is -0.537 e. The number of rotatable bonds is 4. The summed E-state index contributed by atoms with van der Waals surface area (Å²) in [7, 11) is -2.01. The maximum Gasteiger partial charge on any atom is 0.251 e. The molecule has 0 amide bonds. The normalized spacial score (nSPS) is 12.4. The molecule has 3 aromatic rings. The van der Waals surface area contributed by atoms with E-state index in [0.717, 1.165) is 5.06 Å². The minimum atomic E-state index is -2.01. The molecule has 148 valence electrons. The molecule has 28 heavy (non-hydrogen) atoms. The molecule has 2 N–H and O–H groups in total. The molecule has 2 aromatic carbocycles. The summed E-state index contributed by atoms with van der Waals surface area (Å²) in [4.78, 5) is 13.0. The van der Waals surface area contributed by atoms with E-state index in [1.54, 1.807) is 24.3 Å². The molecule has 0 aliphatic carbocycles. The topological polar surface area (TPSA) is 66.8 Å². The summed E-state index contributed by atoms with van der Waals surface area (Å²) in [5, 5.41) is 23.5. The Balaban J connectivity index is 2.18. The number of hydrogen-bond donors (Lipinski definition) is 2. The summed E-state index contributed by atoms with van der Waals surface area (Å²) in [5.41, 5.74) is 0.496. The standard InChI is InChI=1S/C22H26O4SSi/c1-13(23)18-19(21(25)15-10-8-7-9-14(15)20(18)24)16-11-12-17(27-16)26-28(5,6)22(2,3)4/h7-12,24-25H,1-6H3. The van der Waals surface area contributed by atoms with Gasteiger partial charge in [-0.3, -0.25) is 4.79 Å². The van der Waals surface area contributed by atoms with Gasteiger partial charge in [-0.25, -0.2) is 0 Å². The van der Waals surface area contributed by atoms with E-state index >= 15 is 0 Å². The lowest BCUT2D eigenvalue weighted by molar-refractivity contribution is 0.101. The second-order valence-corrected chi connectivity index (χ2v) is 14.3. The molecule has 0 aliphatic rings. The highest BCUT2D eigenvalue weighted by Crippen LogP contribution is 2.48. The van der Waals surface area contributed by atoms with Crippen LogP contribution in [0.4, 0.5) is 0 Å². The molecular weight excluding hydrogens is 388 g/mol. The number of Topliss-reactive ketones (excluding diaryl/α,β-unsaturated/α-hetero) is 1. The van der Waals surface area contributed by atoms with Crippen LogP contribution in [-0.2, 0) is 0 Å². The third-order valence-corrected chi connectivity index (χ3v) is 11.0. The van der Waals surface area contributed by atoms with Crippen LogP contribution in [0.3, 0.4) is 0 Å². The van der Waals surface area contributed by atoms with Crippen LogP contribution in [0.25, 0.3) is 21.2 Å². The second-order valence-electron chi connectivity index (χ2n) is 8.53. The van der Waals surface area contributed by atoms with E-state index in [0.29, 0.717) is 21.2 Å². The lowest BCUT2D eigenvalue weighted by atomic mass is 9.94. The Bertz CT molecular complexity index is 1060. The Morgan fingerprint density at radius 2 is 1.57 bits per heavy atom. The lowest BCUT2D eigenvalue weighted by Gasteiger charge is -2.35. The van der Waals surface area contributed by atoms with Gasteiger partial charge in [0.2, 0.25) is 0 Å². The van der Waals surface area contributed by atoms with Gasteiger partial charge in [0.1, 0.15) is 11.5 Å². The van der Waals surface area contributed by atoms with Gasteiger partial charge in [-0.1, -0.05) is 45.0 Å². The molecule has 0 radical (unpaired) electrons. The molecule has 1 aromatic heterocycles. The van der Waals surface area contributed by atoms with E-state index in [-0.39, 0.29) is 27.9 Å². The van der Waals surface area contributed by atoms with Crippen molar-refractivity contribution in [3.63, 3.8) is 0 Å².